The summed E-state index contributed by atoms with van der Waals surface area (Å²) >= 11 is 0. The highest BCUT2D eigenvalue weighted by atomic mass is 16.5. The van der Waals surface area contributed by atoms with E-state index in [1.807, 2.05) is 0 Å². The van der Waals surface area contributed by atoms with Crippen molar-refractivity contribution in [2.75, 3.05) is 13.2 Å². The van der Waals surface area contributed by atoms with Crippen LogP contribution in [0.15, 0.2) is 36.4 Å². The first-order valence-corrected chi connectivity index (χ1v) is 11.6. The highest BCUT2D eigenvalue weighted by Gasteiger charge is 2.24. The van der Waals surface area contributed by atoms with Gasteiger partial charge in [0.2, 0.25) is 11.8 Å². The summed E-state index contributed by atoms with van der Waals surface area (Å²) in [6.45, 7) is 6.22. The van der Waals surface area contributed by atoms with Gasteiger partial charge in [0, 0.05) is 37.8 Å². The second kappa shape index (κ2) is 13.1. The summed E-state index contributed by atoms with van der Waals surface area (Å²) in [6.07, 6.45) is 0.194. The molecular formula is C26H32N2O8. The molecule has 2 aromatic rings. The summed E-state index contributed by atoms with van der Waals surface area (Å²) in [6, 6.07) is 7.38. The standard InChI is InChI=1S/C26H32N2O8/c1-5-35-25(33)21(27-15(3)29)13-17-7-9-23(31)19(11-17)20-12-18(8-10-24(20)32)14-22(28-16(4)30)26(34)36-6-2/h7-12,21-22,31-32H,5-6,13-14H2,1-4H3,(H,27,29)(H,28,30). The topological polar surface area (TPSA) is 151 Å². The van der Waals surface area contributed by atoms with Gasteiger partial charge >= 0.3 is 11.9 Å². The molecule has 194 valence electrons. The summed E-state index contributed by atoms with van der Waals surface area (Å²) in [5.74, 6) is -2.21. The molecule has 0 fully saturated rings. The average molecular weight is 501 g/mol. The van der Waals surface area contributed by atoms with Crippen LogP contribution in [0.3, 0.4) is 0 Å². The molecule has 0 aliphatic heterocycles. The molecule has 10 heteroatoms. The van der Waals surface area contributed by atoms with Gasteiger partial charge in [-0.05, 0) is 49.2 Å². The van der Waals surface area contributed by atoms with Crippen LogP contribution in [0.25, 0.3) is 11.1 Å². The Balaban J connectivity index is 2.40. The van der Waals surface area contributed by atoms with Crippen molar-refractivity contribution in [1.82, 2.24) is 10.6 Å². The molecule has 0 saturated carbocycles. The van der Waals surface area contributed by atoms with Gasteiger partial charge in [-0.3, -0.25) is 9.59 Å². The molecule has 0 bridgehead atoms. The van der Waals surface area contributed by atoms with Gasteiger partial charge in [0.15, 0.2) is 0 Å². The number of ether oxygens (including phenoxy) is 2. The largest absolute Gasteiger partial charge is 0.507 e. The van der Waals surface area contributed by atoms with Crippen molar-refractivity contribution in [2.45, 2.75) is 52.6 Å². The molecule has 0 spiro atoms. The molecule has 2 aromatic carbocycles. The number of amides is 2. The van der Waals surface area contributed by atoms with Gasteiger partial charge in [0.25, 0.3) is 0 Å². The van der Waals surface area contributed by atoms with E-state index in [4.69, 9.17) is 9.47 Å². The summed E-state index contributed by atoms with van der Waals surface area (Å²) < 4.78 is 10.1. The number of benzene rings is 2. The number of carbonyl (C=O) groups is 4. The van der Waals surface area contributed by atoms with Crippen molar-refractivity contribution in [2.24, 2.45) is 0 Å². The Morgan fingerprint density at radius 2 is 1.08 bits per heavy atom. The van der Waals surface area contributed by atoms with Gasteiger partial charge in [-0.2, -0.15) is 0 Å². The molecular weight excluding hydrogens is 468 g/mol. The van der Waals surface area contributed by atoms with Gasteiger partial charge in [-0.25, -0.2) is 9.59 Å². The molecule has 0 aliphatic rings. The highest BCUT2D eigenvalue weighted by molar-refractivity contribution is 5.85. The van der Waals surface area contributed by atoms with Crippen LogP contribution >= 0.6 is 0 Å². The predicted octanol–water partition coefficient (Wildman–Crippen LogP) is 1.99. The van der Waals surface area contributed by atoms with Crippen molar-refractivity contribution < 1.29 is 38.9 Å². The van der Waals surface area contributed by atoms with Crippen molar-refractivity contribution in [3.8, 4) is 22.6 Å². The zero-order chi connectivity index (χ0) is 26.8. The average Bonchev–Trinajstić information content (AvgIpc) is 2.80. The van der Waals surface area contributed by atoms with Gasteiger partial charge in [0.05, 0.1) is 13.2 Å². The molecule has 10 nitrogen and oxygen atoms in total. The van der Waals surface area contributed by atoms with Crippen molar-refractivity contribution in [3.63, 3.8) is 0 Å². The minimum atomic E-state index is -0.928. The molecule has 0 aromatic heterocycles. The van der Waals surface area contributed by atoms with E-state index in [0.717, 1.165) is 0 Å². The molecule has 2 rings (SSSR count). The van der Waals surface area contributed by atoms with Gasteiger partial charge < -0.3 is 30.3 Å². The first-order valence-electron chi connectivity index (χ1n) is 11.6. The minimum Gasteiger partial charge on any atom is -0.507 e. The molecule has 2 atom stereocenters. The molecule has 0 saturated heterocycles. The summed E-state index contributed by atoms with van der Waals surface area (Å²) in [4.78, 5) is 47.7. The first kappa shape index (κ1) is 28.2. The third kappa shape index (κ3) is 8.00. The van der Waals surface area contributed by atoms with E-state index in [1.54, 1.807) is 38.1 Å². The quantitative estimate of drug-likeness (QED) is 0.342. The minimum absolute atomic E-state index is 0.0968. The monoisotopic (exact) mass is 500 g/mol. The normalized spacial score (nSPS) is 12.2. The maximum absolute atomic E-state index is 12.3. The van der Waals surface area contributed by atoms with E-state index in [0.29, 0.717) is 11.1 Å². The lowest BCUT2D eigenvalue weighted by Crippen LogP contribution is -2.42. The Morgan fingerprint density at radius 3 is 1.39 bits per heavy atom. The Hall–Kier alpha value is -4.08. The molecule has 0 aliphatic carbocycles. The molecule has 0 heterocycles. The van der Waals surface area contributed by atoms with Crippen molar-refractivity contribution in [1.29, 1.82) is 0 Å². The van der Waals surface area contributed by atoms with Crippen LogP contribution in [-0.4, -0.2) is 59.3 Å². The predicted molar refractivity (Wildman–Crippen MR) is 131 cm³/mol. The second-order valence-corrected chi connectivity index (χ2v) is 8.12. The number of rotatable bonds is 11. The summed E-state index contributed by atoms with van der Waals surface area (Å²) in [5, 5.41) is 26.2. The van der Waals surface area contributed by atoms with Crippen LogP contribution in [0.4, 0.5) is 0 Å². The molecule has 4 N–H and O–H groups in total. The maximum atomic E-state index is 12.3. The van der Waals surface area contributed by atoms with E-state index in [-0.39, 0.29) is 48.7 Å². The third-order valence-corrected chi connectivity index (χ3v) is 5.19. The smallest absolute Gasteiger partial charge is 0.328 e. The fourth-order valence-electron chi connectivity index (χ4n) is 3.69. The van der Waals surface area contributed by atoms with Gasteiger partial charge in [-0.1, -0.05) is 12.1 Å². The number of carbonyl (C=O) groups excluding carboxylic acids is 4. The Labute approximate surface area is 209 Å². The summed E-state index contributed by atoms with van der Waals surface area (Å²) in [5.41, 5.74) is 1.76. The molecule has 2 unspecified atom stereocenters. The number of phenols is 2. The zero-order valence-electron chi connectivity index (χ0n) is 20.8. The number of nitrogens with one attached hydrogen (secondary N) is 2. The maximum Gasteiger partial charge on any atom is 0.328 e. The lowest BCUT2D eigenvalue weighted by Gasteiger charge is -2.18. The van der Waals surface area contributed by atoms with E-state index in [2.05, 4.69) is 10.6 Å². The lowest BCUT2D eigenvalue weighted by atomic mass is 9.95. The number of hydrogen-bond acceptors (Lipinski definition) is 8. The fourth-order valence-corrected chi connectivity index (χ4v) is 3.69. The van der Waals surface area contributed by atoms with Crippen LogP contribution in [0.1, 0.15) is 38.8 Å². The van der Waals surface area contributed by atoms with Crippen LogP contribution < -0.4 is 10.6 Å². The second-order valence-electron chi connectivity index (χ2n) is 8.12. The number of esters is 2. The number of phenolic OH excluding ortho intramolecular Hbond substituents is 2. The Bertz CT molecular complexity index is 1030. The van der Waals surface area contributed by atoms with Gasteiger partial charge in [-0.15, -0.1) is 0 Å². The first-order chi connectivity index (χ1) is 17.0. The van der Waals surface area contributed by atoms with Crippen molar-refractivity contribution in [3.05, 3.63) is 47.5 Å². The zero-order valence-corrected chi connectivity index (χ0v) is 20.8. The lowest BCUT2D eigenvalue weighted by molar-refractivity contribution is -0.147. The van der Waals surface area contributed by atoms with Crippen LogP contribution in [0, 0.1) is 0 Å². The third-order valence-electron chi connectivity index (χ3n) is 5.19. The summed E-state index contributed by atoms with van der Waals surface area (Å²) in [7, 11) is 0. The van der Waals surface area contributed by atoms with Crippen LogP contribution in [-0.2, 0) is 41.5 Å². The number of aromatic hydroxyl groups is 2. The van der Waals surface area contributed by atoms with E-state index in [1.165, 1.54) is 26.0 Å². The Kier molecular flexibility index (Phi) is 10.3. The molecule has 0 radical (unpaired) electrons. The Morgan fingerprint density at radius 1 is 0.722 bits per heavy atom. The molecule has 2 amide bonds. The van der Waals surface area contributed by atoms with E-state index < -0.39 is 35.8 Å². The van der Waals surface area contributed by atoms with Gasteiger partial charge in [0.1, 0.15) is 23.6 Å². The van der Waals surface area contributed by atoms with Crippen LogP contribution in [0.2, 0.25) is 0 Å². The van der Waals surface area contributed by atoms with E-state index >= 15 is 0 Å². The fraction of sp³-hybridized carbons (Fsp3) is 0.385. The highest BCUT2D eigenvalue weighted by Crippen LogP contribution is 2.37. The number of hydrogen-bond donors (Lipinski definition) is 4. The SMILES string of the molecule is CCOC(=O)C(Cc1ccc(O)c(-c2cc(CC(NC(C)=O)C(=O)OCC)ccc2O)c1)NC(C)=O. The van der Waals surface area contributed by atoms with E-state index in [9.17, 15) is 29.4 Å². The van der Waals surface area contributed by atoms with Crippen LogP contribution in [0.5, 0.6) is 11.5 Å². The molecule has 36 heavy (non-hydrogen) atoms. The van der Waals surface area contributed by atoms with Crippen molar-refractivity contribution >= 4 is 23.8 Å².